The molecule has 0 radical (unpaired) electrons. The molecule has 0 aliphatic heterocycles. The van der Waals surface area contributed by atoms with Gasteiger partial charge in [-0.1, -0.05) is 0 Å². The molecule has 3 N–H and O–H groups in total. The van der Waals surface area contributed by atoms with Crippen molar-refractivity contribution in [3.63, 3.8) is 0 Å². The molecule has 0 aliphatic rings. The Labute approximate surface area is 97.6 Å². The number of hydrogen-bond donors (Lipinski definition) is 2. The van der Waals surface area contributed by atoms with Crippen molar-refractivity contribution in [1.29, 1.82) is 0 Å². The van der Waals surface area contributed by atoms with Gasteiger partial charge in [0, 0.05) is 12.8 Å². The fourth-order valence-electron chi connectivity index (χ4n) is 1.75. The van der Waals surface area contributed by atoms with Gasteiger partial charge in [0.2, 0.25) is 0 Å². The molecular formula is C11H13N3O3. The van der Waals surface area contributed by atoms with Crippen LogP contribution in [0.15, 0.2) is 18.2 Å². The molecule has 0 saturated heterocycles. The first-order valence-corrected chi connectivity index (χ1v) is 5.07. The maximum absolute atomic E-state index is 10.8. The molecule has 0 spiro atoms. The molecule has 2 rings (SSSR count). The number of hydrogen-bond acceptors (Lipinski definition) is 4. The summed E-state index contributed by atoms with van der Waals surface area (Å²) in [5.74, 6) is -0.339. The molecule has 0 fully saturated rings. The van der Waals surface area contributed by atoms with Crippen LogP contribution in [0.2, 0.25) is 0 Å². The van der Waals surface area contributed by atoms with E-state index in [4.69, 9.17) is 15.6 Å². The van der Waals surface area contributed by atoms with E-state index in [1.165, 1.54) is 0 Å². The Morgan fingerprint density at radius 1 is 1.59 bits per heavy atom. The van der Waals surface area contributed by atoms with E-state index in [1.807, 2.05) is 0 Å². The van der Waals surface area contributed by atoms with Crippen LogP contribution < -0.4 is 5.73 Å². The van der Waals surface area contributed by atoms with Gasteiger partial charge in [0.1, 0.15) is 19.0 Å². The lowest BCUT2D eigenvalue weighted by molar-refractivity contribution is -0.137. The molecule has 1 aromatic carbocycles. The molecule has 17 heavy (non-hydrogen) atoms. The minimum atomic E-state index is -0.918. The first kappa shape index (κ1) is 11.4. The zero-order valence-corrected chi connectivity index (χ0v) is 9.38. The summed E-state index contributed by atoms with van der Waals surface area (Å²) >= 11 is 0. The average Bonchev–Trinajstić information content (AvgIpc) is 2.56. The summed E-state index contributed by atoms with van der Waals surface area (Å²) in [6, 6.07) is 5.20. The number of imidazole rings is 1. The number of anilines is 1. The summed E-state index contributed by atoms with van der Waals surface area (Å²) in [5.41, 5.74) is 7.68. The zero-order valence-electron chi connectivity index (χ0n) is 9.38. The molecule has 0 aliphatic carbocycles. The van der Waals surface area contributed by atoms with Crippen molar-refractivity contribution in [2.45, 2.75) is 13.2 Å². The van der Waals surface area contributed by atoms with Gasteiger partial charge in [0.05, 0.1) is 11.0 Å². The first-order valence-electron chi connectivity index (χ1n) is 5.07. The van der Waals surface area contributed by atoms with E-state index < -0.39 is 5.97 Å². The van der Waals surface area contributed by atoms with Gasteiger partial charge in [-0.05, 0) is 18.2 Å². The normalized spacial score (nSPS) is 10.9. The average molecular weight is 235 g/mol. The van der Waals surface area contributed by atoms with Gasteiger partial charge in [-0.3, -0.25) is 4.79 Å². The summed E-state index contributed by atoms with van der Waals surface area (Å²) < 4.78 is 6.61. The van der Waals surface area contributed by atoms with Crippen molar-refractivity contribution < 1.29 is 14.6 Å². The number of carboxylic acids is 1. The fraction of sp³-hybridized carbons (Fsp3) is 0.273. The van der Waals surface area contributed by atoms with Crippen LogP contribution in [0.3, 0.4) is 0 Å². The largest absolute Gasteiger partial charge is 0.480 e. The summed E-state index contributed by atoms with van der Waals surface area (Å²) in [6.07, 6.45) is 0. The Morgan fingerprint density at radius 2 is 2.35 bits per heavy atom. The molecule has 1 heterocycles. The molecule has 6 heteroatoms. The summed E-state index contributed by atoms with van der Waals surface area (Å²) in [4.78, 5) is 15.1. The van der Waals surface area contributed by atoms with Crippen LogP contribution in [-0.2, 0) is 22.7 Å². The van der Waals surface area contributed by atoms with E-state index in [-0.39, 0.29) is 13.2 Å². The second kappa shape index (κ2) is 4.42. The highest BCUT2D eigenvalue weighted by Crippen LogP contribution is 2.19. The van der Waals surface area contributed by atoms with E-state index in [1.54, 1.807) is 29.9 Å². The molecule has 0 saturated carbocycles. The van der Waals surface area contributed by atoms with E-state index in [2.05, 4.69) is 4.98 Å². The molecule has 1 aromatic heterocycles. The lowest BCUT2D eigenvalue weighted by Gasteiger charge is -2.05. The highest BCUT2D eigenvalue weighted by molar-refractivity contribution is 5.81. The van der Waals surface area contributed by atoms with Gasteiger partial charge in [-0.2, -0.15) is 0 Å². The van der Waals surface area contributed by atoms with Gasteiger partial charge in [0.25, 0.3) is 0 Å². The maximum atomic E-state index is 10.8. The number of fused-ring (bicyclic) bond motifs is 1. The molecule has 0 bridgehead atoms. The van der Waals surface area contributed by atoms with Crippen LogP contribution in [-0.4, -0.2) is 27.7 Å². The van der Waals surface area contributed by atoms with Crippen molar-refractivity contribution in [1.82, 2.24) is 9.55 Å². The molecule has 0 atom stereocenters. The second-order valence-corrected chi connectivity index (χ2v) is 3.69. The lowest BCUT2D eigenvalue weighted by Crippen LogP contribution is -2.12. The number of carbonyl (C=O) groups is 1. The van der Waals surface area contributed by atoms with Crippen LogP contribution in [0.4, 0.5) is 5.69 Å². The number of nitrogens with two attached hydrogens (primary N) is 1. The third kappa shape index (κ3) is 2.21. The van der Waals surface area contributed by atoms with Crippen molar-refractivity contribution in [2.24, 2.45) is 0 Å². The Kier molecular flexibility index (Phi) is 2.97. The van der Waals surface area contributed by atoms with Gasteiger partial charge >= 0.3 is 5.97 Å². The van der Waals surface area contributed by atoms with Gasteiger partial charge in [0.15, 0.2) is 0 Å². The first-order chi connectivity index (χ1) is 8.11. The molecule has 2 aromatic rings. The van der Waals surface area contributed by atoms with Crippen LogP contribution in [0, 0.1) is 0 Å². The number of aromatic nitrogens is 2. The standard InChI is InChI=1S/C11H13N3O3/c1-17-6-10-13-8-4-7(12)2-3-9(8)14(10)5-11(15)16/h2-4H,5-6,12H2,1H3,(H,15,16). The van der Waals surface area contributed by atoms with Gasteiger partial charge in [-0.25, -0.2) is 4.98 Å². The third-order valence-electron chi connectivity index (χ3n) is 2.42. The highest BCUT2D eigenvalue weighted by Gasteiger charge is 2.12. The molecule has 0 unspecified atom stereocenters. The second-order valence-electron chi connectivity index (χ2n) is 3.69. The predicted molar refractivity (Wildman–Crippen MR) is 62.5 cm³/mol. The Bertz CT molecular complexity index is 562. The number of methoxy groups -OCH3 is 1. The number of carboxylic acid groups (broad SMARTS) is 1. The summed E-state index contributed by atoms with van der Waals surface area (Å²) in [5, 5.41) is 8.88. The van der Waals surface area contributed by atoms with E-state index in [9.17, 15) is 4.79 Å². The van der Waals surface area contributed by atoms with Crippen molar-refractivity contribution in [3.05, 3.63) is 24.0 Å². The van der Waals surface area contributed by atoms with Crippen molar-refractivity contribution in [2.75, 3.05) is 12.8 Å². The van der Waals surface area contributed by atoms with Crippen LogP contribution in [0.1, 0.15) is 5.82 Å². The number of nitrogens with zero attached hydrogens (tertiary/aromatic N) is 2. The van der Waals surface area contributed by atoms with E-state index >= 15 is 0 Å². The third-order valence-corrected chi connectivity index (χ3v) is 2.42. The van der Waals surface area contributed by atoms with Crippen LogP contribution >= 0.6 is 0 Å². The maximum Gasteiger partial charge on any atom is 0.323 e. The Hall–Kier alpha value is -2.08. The highest BCUT2D eigenvalue weighted by atomic mass is 16.5. The van der Waals surface area contributed by atoms with Gasteiger partial charge in [-0.15, -0.1) is 0 Å². The van der Waals surface area contributed by atoms with Gasteiger partial charge < -0.3 is 20.1 Å². The number of rotatable bonds is 4. The Morgan fingerprint density at radius 3 is 3.00 bits per heavy atom. The number of ether oxygens (including phenoxy) is 1. The van der Waals surface area contributed by atoms with Crippen LogP contribution in [0.25, 0.3) is 11.0 Å². The van der Waals surface area contributed by atoms with E-state index in [0.29, 0.717) is 17.0 Å². The Balaban J connectivity index is 2.57. The van der Waals surface area contributed by atoms with E-state index in [0.717, 1.165) is 5.52 Å². The predicted octanol–water partition coefficient (Wildman–Crippen LogP) is 0.849. The minimum absolute atomic E-state index is 0.140. The van der Waals surface area contributed by atoms with Crippen molar-refractivity contribution in [3.8, 4) is 0 Å². The summed E-state index contributed by atoms with van der Waals surface area (Å²) in [7, 11) is 1.54. The monoisotopic (exact) mass is 235 g/mol. The zero-order chi connectivity index (χ0) is 12.4. The van der Waals surface area contributed by atoms with Crippen LogP contribution in [0.5, 0.6) is 0 Å². The SMILES string of the molecule is COCc1nc2cc(N)ccc2n1CC(=O)O. The smallest absolute Gasteiger partial charge is 0.323 e. The lowest BCUT2D eigenvalue weighted by atomic mass is 10.3. The fourth-order valence-corrected chi connectivity index (χ4v) is 1.75. The minimum Gasteiger partial charge on any atom is -0.480 e. The molecule has 6 nitrogen and oxygen atoms in total. The number of benzene rings is 1. The number of aliphatic carboxylic acids is 1. The molecule has 0 amide bonds. The topological polar surface area (TPSA) is 90.4 Å². The quantitative estimate of drug-likeness (QED) is 0.767. The van der Waals surface area contributed by atoms with Crippen molar-refractivity contribution >= 4 is 22.7 Å². The molecule has 90 valence electrons. The number of nitrogen functional groups attached to an aromatic ring is 1. The molecular weight excluding hydrogens is 222 g/mol. The summed E-state index contributed by atoms with van der Waals surface area (Å²) in [6.45, 7) is 0.126.